The number of hydrogen-bond donors (Lipinski definition) is 0. The van der Waals surface area contributed by atoms with Gasteiger partial charge in [-0.25, -0.2) is 0 Å². The summed E-state index contributed by atoms with van der Waals surface area (Å²) in [5.74, 6) is 0.00223. The van der Waals surface area contributed by atoms with Crippen molar-refractivity contribution in [3.05, 3.63) is 71.1 Å². The highest BCUT2D eigenvalue weighted by molar-refractivity contribution is 7.33. The van der Waals surface area contributed by atoms with Crippen LogP contribution in [0.3, 0.4) is 0 Å². The number of thiophene rings is 2. The molecule has 0 aliphatic heterocycles. The van der Waals surface area contributed by atoms with Gasteiger partial charge in [-0.05, 0) is 47.2 Å². The average Bonchev–Trinajstić information content (AvgIpc) is 3.62. The summed E-state index contributed by atoms with van der Waals surface area (Å²) in [6.07, 6.45) is 3.50. The van der Waals surface area contributed by atoms with E-state index in [0.717, 1.165) is 17.7 Å². The number of fused-ring (bicyclic) bond motifs is 10. The Kier molecular flexibility index (Phi) is 3.98. The molecule has 0 spiro atoms. The lowest BCUT2D eigenvalue weighted by molar-refractivity contribution is -0.139. The van der Waals surface area contributed by atoms with Crippen molar-refractivity contribution < 1.29 is 9.59 Å². The maximum absolute atomic E-state index is 13.7. The number of rotatable bonds is 1. The van der Waals surface area contributed by atoms with E-state index in [4.69, 9.17) is 0 Å². The number of pyridine rings is 1. The predicted molar refractivity (Wildman–Crippen MR) is 164 cm³/mol. The Morgan fingerprint density at radius 1 is 0.897 bits per heavy atom. The molecule has 4 heterocycles. The molecule has 4 aromatic heterocycles. The van der Waals surface area contributed by atoms with Crippen LogP contribution in [-0.2, 0) is 9.59 Å². The molecule has 190 valence electrons. The minimum absolute atomic E-state index is 0.0323. The summed E-state index contributed by atoms with van der Waals surface area (Å²) < 4.78 is 4.90. The molecule has 0 radical (unpaired) electrons. The van der Waals surface area contributed by atoms with Gasteiger partial charge in [0, 0.05) is 42.5 Å². The Hall–Kier alpha value is -3.54. The third kappa shape index (κ3) is 2.46. The molecule has 0 amide bonds. The van der Waals surface area contributed by atoms with Crippen molar-refractivity contribution >= 4 is 97.9 Å². The molecule has 2 aliphatic carbocycles. The van der Waals surface area contributed by atoms with Crippen LogP contribution >= 0.6 is 22.7 Å². The number of carbonyl (C=O) groups excluding carboxylic acids is 2. The van der Waals surface area contributed by atoms with Gasteiger partial charge in [0.05, 0.1) is 21.3 Å². The van der Waals surface area contributed by atoms with Crippen molar-refractivity contribution in [3.8, 4) is 0 Å². The van der Waals surface area contributed by atoms with Gasteiger partial charge >= 0.3 is 0 Å². The van der Waals surface area contributed by atoms with E-state index in [9.17, 15) is 9.59 Å². The molecule has 3 nitrogen and oxygen atoms in total. The van der Waals surface area contributed by atoms with E-state index in [1.807, 2.05) is 17.4 Å². The van der Waals surface area contributed by atoms with Crippen LogP contribution in [0, 0.1) is 16.7 Å². The fourth-order valence-electron chi connectivity index (χ4n) is 7.85. The summed E-state index contributed by atoms with van der Waals surface area (Å²) in [4.78, 5) is 29.5. The van der Waals surface area contributed by atoms with Gasteiger partial charge in [-0.15, -0.1) is 22.7 Å². The lowest BCUT2D eigenvalue weighted by atomic mass is 9.57. The Balaban J connectivity index is 1.34. The summed E-state index contributed by atoms with van der Waals surface area (Å²) in [5.41, 5.74) is 2.18. The summed E-state index contributed by atoms with van der Waals surface area (Å²) in [7, 11) is 0. The smallest absolute Gasteiger partial charge is 0.172 e. The van der Waals surface area contributed by atoms with E-state index < -0.39 is 5.41 Å². The van der Waals surface area contributed by atoms with Crippen LogP contribution in [0.4, 0.5) is 0 Å². The normalized spacial score (nSPS) is 24.3. The number of ketones is 2. The Morgan fingerprint density at radius 2 is 1.72 bits per heavy atom. The molecule has 2 bridgehead atoms. The van der Waals surface area contributed by atoms with Crippen LogP contribution in [0.5, 0.6) is 0 Å². The van der Waals surface area contributed by atoms with E-state index in [0.29, 0.717) is 5.57 Å². The minimum atomic E-state index is -0.467. The van der Waals surface area contributed by atoms with Crippen LogP contribution in [-0.4, -0.2) is 16.0 Å². The molecule has 2 saturated carbocycles. The predicted octanol–water partition coefficient (Wildman–Crippen LogP) is 9.24. The lowest BCUT2D eigenvalue weighted by Gasteiger charge is -2.44. The molecule has 3 aromatic carbocycles. The SMILES string of the molecule is CC12CCC(C(=O)/C(=C\c3cc4sc5c(c6cccc7ccc8c9ccccc9n5c8c76)c4s3)C1=O)C2(C)C. The van der Waals surface area contributed by atoms with Crippen LogP contribution in [0.15, 0.2) is 66.2 Å². The summed E-state index contributed by atoms with van der Waals surface area (Å²) in [5, 5.41) is 7.66. The molecule has 5 heteroatoms. The molecular formula is C34H25NO2S2. The molecule has 0 saturated heterocycles. The van der Waals surface area contributed by atoms with Crippen molar-refractivity contribution in [2.75, 3.05) is 0 Å². The molecule has 2 atom stereocenters. The standard InChI is InChI=1S/C34H25NO2S2/c1-33(2)23-13-14-34(33,3)31(37)22(29(23)36)15-18-16-25-30(38-18)27-21-9-6-7-17-11-12-20-19-8-4-5-10-24(19)35(32(27)39-25)28(20)26(17)21/h4-12,15-16,23H,13-14H2,1-3H3/b22-15+. The van der Waals surface area contributed by atoms with E-state index >= 15 is 0 Å². The van der Waals surface area contributed by atoms with E-state index in [2.05, 4.69) is 85.8 Å². The zero-order chi connectivity index (χ0) is 26.4. The third-order valence-electron chi connectivity index (χ3n) is 10.4. The third-order valence-corrected chi connectivity index (χ3v) is 12.7. The number of allylic oxidation sites excluding steroid dienone is 1. The van der Waals surface area contributed by atoms with Crippen LogP contribution < -0.4 is 0 Å². The van der Waals surface area contributed by atoms with Crippen molar-refractivity contribution in [3.63, 3.8) is 0 Å². The Morgan fingerprint density at radius 3 is 2.59 bits per heavy atom. The Bertz CT molecular complexity index is 2270. The second-order valence-electron chi connectivity index (χ2n) is 12.2. The number of benzene rings is 3. The number of para-hydroxylation sites is 1. The molecule has 9 rings (SSSR count). The van der Waals surface area contributed by atoms with Gasteiger partial charge in [0.1, 0.15) is 4.83 Å². The molecular weight excluding hydrogens is 519 g/mol. The fourth-order valence-corrected chi connectivity index (χ4v) is 10.5. The van der Waals surface area contributed by atoms with E-state index in [1.54, 1.807) is 11.3 Å². The quantitative estimate of drug-likeness (QED) is 0.153. The molecule has 39 heavy (non-hydrogen) atoms. The number of carbonyl (C=O) groups is 2. The summed E-state index contributed by atoms with van der Waals surface area (Å²) >= 11 is 3.52. The first kappa shape index (κ1) is 22.3. The monoisotopic (exact) mass is 543 g/mol. The number of nitrogens with zero attached hydrogens (tertiary/aromatic N) is 1. The number of hydrogen-bond acceptors (Lipinski definition) is 4. The van der Waals surface area contributed by atoms with Crippen molar-refractivity contribution in [2.45, 2.75) is 33.6 Å². The average molecular weight is 544 g/mol. The fraction of sp³-hybridized carbons (Fsp3) is 0.235. The van der Waals surface area contributed by atoms with Crippen LogP contribution in [0.2, 0.25) is 0 Å². The molecule has 7 aromatic rings. The highest BCUT2D eigenvalue weighted by Crippen LogP contribution is 2.61. The van der Waals surface area contributed by atoms with Gasteiger partial charge in [0.25, 0.3) is 0 Å². The van der Waals surface area contributed by atoms with Crippen LogP contribution in [0.25, 0.3) is 63.7 Å². The van der Waals surface area contributed by atoms with Gasteiger partial charge in [-0.3, -0.25) is 14.0 Å². The van der Waals surface area contributed by atoms with Gasteiger partial charge in [0.2, 0.25) is 0 Å². The van der Waals surface area contributed by atoms with Gasteiger partial charge in [-0.2, -0.15) is 0 Å². The first-order valence-corrected chi connectivity index (χ1v) is 15.3. The van der Waals surface area contributed by atoms with Gasteiger partial charge in [0.15, 0.2) is 11.6 Å². The second-order valence-corrected chi connectivity index (χ2v) is 14.4. The maximum atomic E-state index is 13.7. The lowest BCUT2D eigenvalue weighted by Crippen LogP contribution is -2.49. The number of Topliss-reactive ketones (excluding diaryl/α,β-unsaturated/α-hetero) is 2. The van der Waals surface area contributed by atoms with Crippen molar-refractivity contribution in [1.29, 1.82) is 0 Å². The topological polar surface area (TPSA) is 38.5 Å². The van der Waals surface area contributed by atoms with E-state index in [-0.39, 0.29) is 22.9 Å². The zero-order valence-corrected chi connectivity index (χ0v) is 23.6. The van der Waals surface area contributed by atoms with Crippen LogP contribution in [0.1, 0.15) is 38.5 Å². The van der Waals surface area contributed by atoms with Crippen molar-refractivity contribution in [1.82, 2.24) is 4.40 Å². The molecule has 2 aliphatic rings. The molecule has 2 unspecified atom stereocenters. The Labute approximate surface area is 232 Å². The first-order chi connectivity index (χ1) is 18.8. The highest BCUT2D eigenvalue weighted by atomic mass is 32.1. The molecule has 0 N–H and O–H groups in total. The number of aromatic nitrogens is 1. The molecule has 2 fully saturated rings. The van der Waals surface area contributed by atoms with Gasteiger partial charge < -0.3 is 0 Å². The second kappa shape index (κ2) is 6.96. The van der Waals surface area contributed by atoms with Crippen molar-refractivity contribution in [2.24, 2.45) is 16.7 Å². The largest absolute Gasteiger partial charge is 0.299 e. The summed E-state index contributed by atoms with van der Waals surface area (Å²) in [6, 6.07) is 22.0. The van der Waals surface area contributed by atoms with Gasteiger partial charge in [-0.1, -0.05) is 69.3 Å². The first-order valence-electron chi connectivity index (χ1n) is 13.6. The maximum Gasteiger partial charge on any atom is 0.172 e. The zero-order valence-electron chi connectivity index (χ0n) is 21.9. The highest BCUT2D eigenvalue weighted by Gasteiger charge is 2.63. The summed E-state index contributed by atoms with van der Waals surface area (Å²) in [6.45, 7) is 6.27. The van der Waals surface area contributed by atoms with E-state index in [1.165, 1.54) is 57.6 Å². The minimum Gasteiger partial charge on any atom is -0.299 e.